The van der Waals surface area contributed by atoms with Crippen molar-refractivity contribution in [3.63, 3.8) is 0 Å². The van der Waals surface area contributed by atoms with Gasteiger partial charge in [-0.05, 0) is 110 Å². The number of hydrogen-bond donors (Lipinski definition) is 2. The van der Waals surface area contributed by atoms with E-state index < -0.39 is 17.8 Å². The predicted molar refractivity (Wildman–Crippen MR) is 167 cm³/mol. The molecule has 1 heterocycles. The zero-order valence-electron chi connectivity index (χ0n) is 24.8. The number of amides is 2. The highest BCUT2D eigenvalue weighted by Gasteiger charge is 2.40. The van der Waals surface area contributed by atoms with Crippen LogP contribution in [0.4, 0.5) is 15.8 Å². The molecule has 1 saturated carbocycles. The molecule has 6 rings (SSSR count). The number of carbonyl (C=O) groups excluding carboxylic acids is 2. The van der Waals surface area contributed by atoms with E-state index >= 15 is 4.39 Å². The topological polar surface area (TPSA) is 61.4 Å². The van der Waals surface area contributed by atoms with Crippen LogP contribution in [-0.2, 0) is 11.2 Å². The van der Waals surface area contributed by atoms with Crippen molar-refractivity contribution in [2.24, 2.45) is 11.8 Å². The first kappa shape index (κ1) is 28.2. The summed E-state index contributed by atoms with van der Waals surface area (Å²) in [4.78, 5) is 29.7. The number of allylic oxidation sites excluding steroid dienone is 2. The summed E-state index contributed by atoms with van der Waals surface area (Å²) < 4.78 is 15.0. The van der Waals surface area contributed by atoms with E-state index in [9.17, 15) is 9.59 Å². The van der Waals surface area contributed by atoms with E-state index in [1.165, 1.54) is 35.6 Å². The van der Waals surface area contributed by atoms with Crippen LogP contribution in [0.2, 0.25) is 0 Å². The van der Waals surface area contributed by atoms with Crippen LogP contribution in [0.15, 0.2) is 66.7 Å². The number of benzene rings is 3. The van der Waals surface area contributed by atoms with E-state index in [0.717, 1.165) is 29.8 Å². The van der Waals surface area contributed by atoms with Gasteiger partial charge in [-0.1, -0.05) is 49.8 Å². The lowest BCUT2D eigenvalue weighted by atomic mass is 9.83. The third-order valence-corrected chi connectivity index (χ3v) is 9.56. The molecule has 218 valence electrons. The molecule has 5 nitrogen and oxygen atoms in total. The van der Waals surface area contributed by atoms with E-state index in [1.54, 1.807) is 24.0 Å². The Hall–Kier alpha value is -3.93. The van der Waals surface area contributed by atoms with Gasteiger partial charge in [0, 0.05) is 24.0 Å². The summed E-state index contributed by atoms with van der Waals surface area (Å²) in [6.45, 7) is 6.60. The predicted octanol–water partition coefficient (Wildman–Crippen LogP) is 7.93. The van der Waals surface area contributed by atoms with Gasteiger partial charge in [0.25, 0.3) is 5.91 Å². The molecule has 42 heavy (non-hydrogen) atoms. The molecule has 2 unspecified atom stereocenters. The molecule has 0 spiro atoms. The summed E-state index contributed by atoms with van der Waals surface area (Å²) in [5, 5.41) is 6.83. The maximum atomic E-state index is 15.0. The summed E-state index contributed by atoms with van der Waals surface area (Å²) in [6, 6.07) is 18.9. The SMILES string of the molecule is CC1=CCc2ccc(NC(=O)[C@H]3CCCN(C(=O)c4c(C)cccc4F)[C@H]3c3ccc(NC4CCCC4C)cc3)cc21. The lowest BCUT2D eigenvalue weighted by Crippen LogP contribution is -2.46. The smallest absolute Gasteiger partial charge is 0.257 e. The molecule has 3 aromatic rings. The van der Waals surface area contributed by atoms with Gasteiger partial charge in [0.2, 0.25) is 5.91 Å². The molecule has 0 radical (unpaired) electrons. The van der Waals surface area contributed by atoms with Gasteiger partial charge in [-0.25, -0.2) is 4.39 Å². The van der Waals surface area contributed by atoms with Gasteiger partial charge < -0.3 is 15.5 Å². The molecular weight excluding hydrogens is 525 g/mol. The molecular formula is C36H40FN3O2. The molecule has 3 aliphatic rings. The van der Waals surface area contributed by atoms with Crippen molar-refractivity contribution in [2.45, 2.75) is 71.4 Å². The van der Waals surface area contributed by atoms with Crippen LogP contribution in [0.1, 0.15) is 84.6 Å². The van der Waals surface area contributed by atoms with Gasteiger partial charge in [-0.15, -0.1) is 0 Å². The molecule has 1 saturated heterocycles. The van der Waals surface area contributed by atoms with Crippen LogP contribution < -0.4 is 10.6 Å². The minimum Gasteiger partial charge on any atom is -0.382 e. The average molecular weight is 566 g/mol. The van der Waals surface area contributed by atoms with Gasteiger partial charge in [0.05, 0.1) is 17.5 Å². The Labute approximate surface area is 248 Å². The quantitative estimate of drug-likeness (QED) is 0.319. The third kappa shape index (κ3) is 5.47. The monoisotopic (exact) mass is 565 g/mol. The summed E-state index contributed by atoms with van der Waals surface area (Å²) in [7, 11) is 0. The molecule has 3 aromatic carbocycles. The van der Waals surface area contributed by atoms with Crippen molar-refractivity contribution in [1.82, 2.24) is 4.90 Å². The molecule has 2 aliphatic carbocycles. The highest BCUT2D eigenvalue weighted by atomic mass is 19.1. The Kier molecular flexibility index (Phi) is 7.89. The van der Waals surface area contributed by atoms with Crippen molar-refractivity contribution in [2.75, 3.05) is 17.2 Å². The fourth-order valence-corrected chi connectivity index (χ4v) is 7.11. The van der Waals surface area contributed by atoms with Crippen LogP contribution in [0.3, 0.4) is 0 Å². The zero-order chi connectivity index (χ0) is 29.4. The van der Waals surface area contributed by atoms with Crippen molar-refractivity contribution >= 4 is 28.8 Å². The van der Waals surface area contributed by atoms with E-state index in [0.29, 0.717) is 36.9 Å². The second kappa shape index (κ2) is 11.7. The first-order valence-electron chi connectivity index (χ1n) is 15.3. The van der Waals surface area contributed by atoms with Gasteiger partial charge in [-0.3, -0.25) is 9.59 Å². The van der Waals surface area contributed by atoms with Crippen molar-refractivity contribution in [1.29, 1.82) is 0 Å². The molecule has 4 atom stereocenters. The first-order chi connectivity index (χ1) is 20.3. The van der Waals surface area contributed by atoms with Crippen LogP contribution in [-0.4, -0.2) is 29.3 Å². The molecule has 6 heteroatoms. The lowest BCUT2D eigenvalue weighted by Gasteiger charge is -2.41. The molecule has 2 N–H and O–H groups in total. The third-order valence-electron chi connectivity index (χ3n) is 9.56. The Morgan fingerprint density at radius 3 is 2.45 bits per heavy atom. The normalized spacial score (nSPS) is 23.3. The van der Waals surface area contributed by atoms with Crippen LogP contribution in [0.25, 0.3) is 5.57 Å². The number of rotatable bonds is 6. The highest BCUT2D eigenvalue weighted by molar-refractivity contribution is 5.98. The number of fused-ring (bicyclic) bond motifs is 1. The van der Waals surface area contributed by atoms with E-state index in [-0.39, 0.29) is 17.4 Å². The largest absolute Gasteiger partial charge is 0.382 e. The number of nitrogens with one attached hydrogen (secondary N) is 2. The fourth-order valence-electron chi connectivity index (χ4n) is 7.11. The first-order valence-corrected chi connectivity index (χ1v) is 15.3. The molecule has 2 fully saturated rings. The van der Waals surface area contributed by atoms with Crippen molar-refractivity contribution in [3.8, 4) is 0 Å². The van der Waals surface area contributed by atoms with Crippen LogP contribution in [0, 0.1) is 24.6 Å². The minimum atomic E-state index is -0.530. The van der Waals surface area contributed by atoms with Gasteiger partial charge >= 0.3 is 0 Å². The average Bonchev–Trinajstić information content (AvgIpc) is 3.57. The Morgan fingerprint density at radius 1 is 0.929 bits per heavy atom. The number of piperidine rings is 1. The molecule has 0 aromatic heterocycles. The number of halogens is 1. The Bertz CT molecular complexity index is 1510. The number of hydrogen-bond acceptors (Lipinski definition) is 3. The van der Waals surface area contributed by atoms with E-state index in [2.05, 4.69) is 48.8 Å². The maximum Gasteiger partial charge on any atom is 0.257 e. The summed E-state index contributed by atoms with van der Waals surface area (Å²) in [6.07, 6.45) is 8.06. The van der Waals surface area contributed by atoms with E-state index in [4.69, 9.17) is 0 Å². The molecule has 0 bridgehead atoms. The molecule has 1 aliphatic heterocycles. The van der Waals surface area contributed by atoms with Gasteiger partial charge in [0.1, 0.15) is 5.82 Å². The summed E-state index contributed by atoms with van der Waals surface area (Å²) >= 11 is 0. The number of likely N-dealkylation sites (tertiary alicyclic amines) is 1. The highest BCUT2D eigenvalue weighted by Crippen LogP contribution is 2.40. The Morgan fingerprint density at radius 2 is 1.71 bits per heavy atom. The maximum absolute atomic E-state index is 15.0. The van der Waals surface area contributed by atoms with Crippen molar-refractivity contribution < 1.29 is 14.0 Å². The zero-order valence-corrected chi connectivity index (χ0v) is 24.8. The van der Waals surface area contributed by atoms with Crippen molar-refractivity contribution in [3.05, 3.63) is 100 Å². The second-order valence-electron chi connectivity index (χ2n) is 12.4. The number of carbonyl (C=O) groups is 2. The number of aryl methyl sites for hydroxylation is 1. The van der Waals surface area contributed by atoms with Gasteiger partial charge in [-0.2, -0.15) is 0 Å². The lowest BCUT2D eigenvalue weighted by molar-refractivity contribution is -0.123. The summed E-state index contributed by atoms with van der Waals surface area (Å²) in [5.41, 5.74) is 7.00. The number of nitrogens with zero attached hydrogens (tertiary/aromatic N) is 1. The second-order valence-corrected chi connectivity index (χ2v) is 12.4. The fraction of sp³-hybridized carbons (Fsp3) is 0.389. The van der Waals surface area contributed by atoms with Crippen LogP contribution >= 0.6 is 0 Å². The molecule has 2 amide bonds. The standard InChI is InChI=1S/C36H40FN3O2/c1-22-12-13-25-14-19-28(21-30(22)25)39-35(41)29-9-6-20-40(36(42)33-24(3)8-4-10-31(33)37)34(29)26-15-17-27(18-16-26)38-32-11-5-7-23(32)2/h4,8,10,12,14-19,21,23,29,32,34,38H,5-7,9,11,13,20H2,1-3H3,(H,39,41)/t23?,29-,32?,34-/m0/s1. The van der Waals surface area contributed by atoms with E-state index in [1.807, 2.05) is 24.3 Å². The summed E-state index contributed by atoms with van der Waals surface area (Å²) in [5.74, 6) is -0.866. The van der Waals surface area contributed by atoms with Crippen LogP contribution in [0.5, 0.6) is 0 Å². The minimum absolute atomic E-state index is 0.0814. The number of anilines is 2. The van der Waals surface area contributed by atoms with Gasteiger partial charge in [0.15, 0.2) is 0 Å². The Balaban J connectivity index is 1.31.